The van der Waals surface area contributed by atoms with Gasteiger partial charge in [0.25, 0.3) is 5.91 Å². The van der Waals surface area contributed by atoms with Gasteiger partial charge in [0, 0.05) is 45.0 Å². The number of rotatable bonds is 5. The van der Waals surface area contributed by atoms with E-state index in [9.17, 15) is 4.79 Å². The monoisotopic (exact) mass is 349 g/mol. The first-order chi connectivity index (χ1) is 12.7. The Bertz CT molecular complexity index is 769. The summed E-state index contributed by atoms with van der Waals surface area (Å²) in [5.74, 6) is -0.208. The molecule has 1 aliphatic heterocycles. The van der Waals surface area contributed by atoms with Crippen molar-refractivity contribution in [3.63, 3.8) is 0 Å². The van der Waals surface area contributed by atoms with E-state index in [4.69, 9.17) is 5.26 Å². The van der Waals surface area contributed by atoms with Crippen molar-refractivity contribution in [1.82, 2.24) is 20.1 Å². The molecule has 1 aromatic carbocycles. The number of hydrogen-bond acceptors (Lipinski definition) is 5. The van der Waals surface area contributed by atoms with Gasteiger partial charge in [0.15, 0.2) is 0 Å². The third kappa shape index (κ3) is 4.45. The molecular formula is C20H23N5O. The largest absolute Gasteiger partial charge is 0.349 e. The molecule has 0 radical (unpaired) electrons. The van der Waals surface area contributed by atoms with Gasteiger partial charge in [-0.05, 0) is 24.7 Å². The summed E-state index contributed by atoms with van der Waals surface area (Å²) in [5, 5.41) is 11.7. The van der Waals surface area contributed by atoms with Crippen molar-refractivity contribution in [3.8, 4) is 6.07 Å². The molecule has 26 heavy (non-hydrogen) atoms. The summed E-state index contributed by atoms with van der Waals surface area (Å²) in [7, 11) is 2.14. The Balaban J connectivity index is 1.57. The molecule has 1 saturated heterocycles. The number of aromatic nitrogens is 1. The van der Waals surface area contributed by atoms with E-state index in [0.29, 0.717) is 23.8 Å². The van der Waals surface area contributed by atoms with Crippen LogP contribution >= 0.6 is 0 Å². The highest BCUT2D eigenvalue weighted by Crippen LogP contribution is 2.24. The van der Waals surface area contributed by atoms with Gasteiger partial charge in [0.05, 0.1) is 5.56 Å². The van der Waals surface area contributed by atoms with Crippen LogP contribution in [0.15, 0.2) is 48.7 Å². The van der Waals surface area contributed by atoms with Crippen molar-refractivity contribution in [1.29, 1.82) is 5.26 Å². The molecule has 0 aliphatic carbocycles. The number of hydrogen-bond donors (Lipinski definition) is 1. The number of likely N-dealkylation sites (N-methyl/N-ethyl adjacent to an activating group) is 1. The number of pyridine rings is 1. The Labute approximate surface area is 154 Å². The number of amides is 1. The number of nitrogens with one attached hydrogen (secondary N) is 1. The predicted octanol–water partition coefficient (Wildman–Crippen LogP) is 1.67. The van der Waals surface area contributed by atoms with Crippen molar-refractivity contribution < 1.29 is 4.79 Å². The van der Waals surface area contributed by atoms with E-state index >= 15 is 0 Å². The summed E-state index contributed by atoms with van der Waals surface area (Å²) in [6, 6.07) is 16.0. The van der Waals surface area contributed by atoms with Crippen LogP contribution in [0.25, 0.3) is 0 Å². The summed E-state index contributed by atoms with van der Waals surface area (Å²) in [4.78, 5) is 21.0. The van der Waals surface area contributed by atoms with Gasteiger partial charge in [-0.1, -0.05) is 30.3 Å². The number of carbonyl (C=O) groups is 1. The molecule has 1 atom stereocenters. The van der Waals surface area contributed by atoms with Crippen molar-refractivity contribution in [2.45, 2.75) is 6.04 Å². The molecule has 6 heteroatoms. The Hall–Kier alpha value is -2.75. The topological polar surface area (TPSA) is 72.3 Å². The molecule has 1 aromatic heterocycles. The van der Waals surface area contributed by atoms with Gasteiger partial charge in [0.2, 0.25) is 0 Å². The summed E-state index contributed by atoms with van der Waals surface area (Å²) < 4.78 is 0. The molecule has 3 rings (SSSR count). The number of carbonyl (C=O) groups excluding carboxylic acids is 1. The molecule has 0 unspecified atom stereocenters. The van der Waals surface area contributed by atoms with Crippen LogP contribution in [0.5, 0.6) is 0 Å². The first-order valence-corrected chi connectivity index (χ1v) is 8.79. The molecule has 0 saturated carbocycles. The lowest BCUT2D eigenvalue weighted by Gasteiger charge is -2.40. The first kappa shape index (κ1) is 18.1. The molecule has 134 valence electrons. The number of nitrogens with zero attached hydrogens (tertiary/aromatic N) is 4. The van der Waals surface area contributed by atoms with Gasteiger partial charge < -0.3 is 10.2 Å². The lowest BCUT2D eigenvalue weighted by atomic mass is 10.0. The quantitative estimate of drug-likeness (QED) is 0.889. The lowest BCUT2D eigenvalue weighted by molar-refractivity contribution is 0.0840. The molecule has 2 aromatic rings. The van der Waals surface area contributed by atoms with Crippen LogP contribution in [0.4, 0.5) is 0 Å². The molecule has 0 spiro atoms. The molecule has 2 heterocycles. The molecule has 0 bridgehead atoms. The second-order valence-corrected chi connectivity index (χ2v) is 6.52. The summed E-state index contributed by atoms with van der Waals surface area (Å²) in [6.45, 7) is 4.33. The average Bonchev–Trinajstić information content (AvgIpc) is 2.69. The van der Waals surface area contributed by atoms with Crippen LogP contribution in [0.1, 0.15) is 27.7 Å². The lowest BCUT2D eigenvalue weighted by Crippen LogP contribution is -2.49. The smallest absolute Gasteiger partial charge is 0.269 e. The van der Waals surface area contributed by atoms with Crippen LogP contribution in [0, 0.1) is 11.3 Å². The minimum atomic E-state index is -0.208. The molecule has 1 aliphatic rings. The Kier molecular flexibility index (Phi) is 5.95. The Morgan fingerprint density at radius 2 is 2.08 bits per heavy atom. The highest BCUT2D eigenvalue weighted by Gasteiger charge is 2.26. The maximum absolute atomic E-state index is 12.2. The Morgan fingerprint density at radius 1 is 1.27 bits per heavy atom. The van der Waals surface area contributed by atoms with Gasteiger partial charge in [-0.25, -0.2) is 4.98 Å². The molecule has 1 amide bonds. The van der Waals surface area contributed by atoms with E-state index in [1.54, 1.807) is 12.1 Å². The van der Waals surface area contributed by atoms with Gasteiger partial charge in [0.1, 0.15) is 11.8 Å². The fraction of sp³-hybridized carbons (Fsp3) is 0.350. The van der Waals surface area contributed by atoms with E-state index in [2.05, 4.69) is 51.4 Å². The zero-order valence-corrected chi connectivity index (χ0v) is 14.9. The zero-order chi connectivity index (χ0) is 18.4. The maximum atomic E-state index is 12.2. The van der Waals surface area contributed by atoms with E-state index < -0.39 is 0 Å². The minimum absolute atomic E-state index is 0.208. The van der Waals surface area contributed by atoms with Crippen molar-refractivity contribution >= 4 is 5.91 Å². The Morgan fingerprint density at radius 3 is 2.77 bits per heavy atom. The van der Waals surface area contributed by atoms with Crippen molar-refractivity contribution in [2.75, 3.05) is 39.8 Å². The van der Waals surface area contributed by atoms with E-state index in [-0.39, 0.29) is 5.91 Å². The molecule has 6 nitrogen and oxygen atoms in total. The van der Waals surface area contributed by atoms with Crippen LogP contribution < -0.4 is 5.32 Å². The predicted molar refractivity (Wildman–Crippen MR) is 99.5 cm³/mol. The van der Waals surface area contributed by atoms with Crippen molar-refractivity contribution in [2.24, 2.45) is 0 Å². The van der Waals surface area contributed by atoms with Gasteiger partial charge in [-0.3, -0.25) is 9.69 Å². The fourth-order valence-corrected chi connectivity index (χ4v) is 3.21. The van der Waals surface area contributed by atoms with Gasteiger partial charge >= 0.3 is 0 Å². The number of nitriles is 1. The number of benzene rings is 1. The summed E-state index contributed by atoms with van der Waals surface area (Å²) >= 11 is 0. The van der Waals surface area contributed by atoms with E-state index in [1.807, 2.05) is 12.1 Å². The van der Waals surface area contributed by atoms with Gasteiger partial charge in [-0.15, -0.1) is 0 Å². The normalized spacial score (nSPS) is 18.2. The van der Waals surface area contributed by atoms with E-state index in [1.165, 1.54) is 11.8 Å². The highest BCUT2D eigenvalue weighted by atomic mass is 16.1. The summed E-state index contributed by atoms with van der Waals surface area (Å²) in [6.07, 6.45) is 1.42. The first-order valence-electron chi connectivity index (χ1n) is 8.79. The SMILES string of the molecule is CN1CCN(CCNC(=O)c2ccc(C#N)cn2)[C@@H](c2ccccc2)C1. The van der Waals surface area contributed by atoms with E-state index in [0.717, 1.165) is 26.2 Å². The highest BCUT2D eigenvalue weighted by molar-refractivity contribution is 5.92. The second kappa shape index (κ2) is 8.56. The fourth-order valence-electron chi connectivity index (χ4n) is 3.21. The number of piperazine rings is 1. The van der Waals surface area contributed by atoms with Crippen LogP contribution in [0.3, 0.4) is 0 Å². The maximum Gasteiger partial charge on any atom is 0.269 e. The molecule has 1 fully saturated rings. The second-order valence-electron chi connectivity index (χ2n) is 6.52. The van der Waals surface area contributed by atoms with Crippen LogP contribution in [0.2, 0.25) is 0 Å². The van der Waals surface area contributed by atoms with Crippen LogP contribution in [-0.2, 0) is 0 Å². The average molecular weight is 349 g/mol. The van der Waals surface area contributed by atoms with Crippen molar-refractivity contribution in [3.05, 3.63) is 65.5 Å². The minimum Gasteiger partial charge on any atom is -0.349 e. The standard InChI is InChI=1S/C20H23N5O/c1-24-11-12-25(19(15-24)17-5-3-2-4-6-17)10-9-22-20(26)18-8-7-16(13-21)14-23-18/h2-8,14,19H,9-12,15H2,1H3,(H,22,26)/t19-/m1/s1. The molecule has 1 N–H and O–H groups in total. The summed E-state index contributed by atoms with van der Waals surface area (Å²) in [5.41, 5.74) is 2.09. The van der Waals surface area contributed by atoms with Gasteiger partial charge in [-0.2, -0.15) is 5.26 Å². The zero-order valence-electron chi connectivity index (χ0n) is 14.9. The third-order valence-corrected chi connectivity index (χ3v) is 4.69. The molecular weight excluding hydrogens is 326 g/mol. The van der Waals surface area contributed by atoms with Crippen LogP contribution in [-0.4, -0.2) is 60.5 Å². The third-order valence-electron chi connectivity index (χ3n) is 4.69.